The van der Waals surface area contributed by atoms with Crippen molar-refractivity contribution in [1.29, 1.82) is 0 Å². The number of piperazine rings is 1. The van der Waals surface area contributed by atoms with Crippen LogP contribution in [-0.2, 0) is 0 Å². The molecule has 1 amide bonds. The Balaban J connectivity index is 1.79. The number of rotatable bonds is 3. The van der Waals surface area contributed by atoms with E-state index in [4.69, 9.17) is 11.6 Å². The van der Waals surface area contributed by atoms with E-state index in [0.717, 1.165) is 32.0 Å². The summed E-state index contributed by atoms with van der Waals surface area (Å²) in [4.78, 5) is 25.5. The lowest BCUT2D eigenvalue weighted by atomic mass is 10.2. The summed E-state index contributed by atoms with van der Waals surface area (Å²) in [7, 11) is 2.08. The minimum atomic E-state index is -0.533. The summed E-state index contributed by atoms with van der Waals surface area (Å²) in [5, 5.41) is 2.64. The Morgan fingerprint density at radius 3 is 2.60 bits per heavy atom. The van der Waals surface area contributed by atoms with E-state index < -0.39 is 5.82 Å². The van der Waals surface area contributed by atoms with Crippen molar-refractivity contribution in [1.82, 2.24) is 14.9 Å². The van der Waals surface area contributed by atoms with E-state index in [1.165, 1.54) is 18.2 Å². The van der Waals surface area contributed by atoms with Crippen LogP contribution in [0.25, 0.3) is 0 Å². The van der Waals surface area contributed by atoms with E-state index in [2.05, 4.69) is 32.1 Å². The van der Waals surface area contributed by atoms with Crippen LogP contribution in [0.15, 0.2) is 24.3 Å². The van der Waals surface area contributed by atoms with Gasteiger partial charge in [0.15, 0.2) is 0 Å². The number of hydrogen-bond acceptors (Lipinski definition) is 5. The predicted octanol–water partition coefficient (Wildman–Crippen LogP) is 2.58. The maximum Gasteiger partial charge on any atom is 0.274 e. The third kappa shape index (κ3) is 4.24. The Hall–Kier alpha value is -2.25. The smallest absolute Gasteiger partial charge is 0.274 e. The Morgan fingerprint density at radius 1 is 1.20 bits per heavy atom. The van der Waals surface area contributed by atoms with Gasteiger partial charge >= 0.3 is 0 Å². The van der Waals surface area contributed by atoms with Crippen LogP contribution in [-0.4, -0.2) is 54.0 Å². The molecule has 1 fully saturated rings. The van der Waals surface area contributed by atoms with E-state index in [1.807, 2.05) is 0 Å². The first-order valence-corrected chi connectivity index (χ1v) is 8.36. The molecule has 0 radical (unpaired) electrons. The Labute approximate surface area is 150 Å². The standard InChI is InChI=1S/C17H19ClFN5O/c1-11-20-15(10-16(21-11)24-7-5-23(2)6-8-24)17(25)22-12-3-4-14(19)13(18)9-12/h3-4,9-10H,5-8H2,1-2H3,(H,22,25). The average Bonchev–Trinajstić information content (AvgIpc) is 2.58. The molecule has 132 valence electrons. The average molecular weight is 364 g/mol. The molecule has 1 aromatic carbocycles. The number of amides is 1. The maximum atomic E-state index is 13.2. The van der Waals surface area contributed by atoms with Crippen LogP contribution in [0, 0.1) is 12.7 Å². The molecule has 1 aromatic heterocycles. The van der Waals surface area contributed by atoms with Crippen LogP contribution in [0.5, 0.6) is 0 Å². The fraction of sp³-hybridized carbons (Fsp3) is 0.353. The number of halogens is 2. The van der Waals surface area contributed by atoms with Gasteiger partial charge in [-0.1, -0.05) is 11.6 Å². The molecule has 1 aliphatic heterocycles. The lowest BCUT2D eigenvalue weighted by molar-refractivity contribution is 0.102. The van der Waals surface area contributed by atoms with Crippen LogP contribution in [0.2, 0.25) is 5.02 Å². The molecule has 0 aliphatic carbocycles. The first kappa shape index (κ1) is 17.6. The van der Waals surface area contributed by atoms with Gasteiger partial charge in [-0.25, -0.2) is 14.4 Å². The van der Waals surface area contributed by atoms with Gasteiger partial charge in [0.05, 0.1) is 5.02 Å². The molecular weight excluding hydrogens is 345 g/mol. The Kier molecular flexibility index (Phi) is 5.15. The zero-order chi connectivity index (χ0) is 18.0. The van der Waals surface area contributed by atoms with Crippen molar-refractivity contribution in [3.63, 3.8) is 0 Å². The number of carbonyl (C=O) groups excluding carboxylic acids is 1. The molecule has 0 bridgehead atoms. The number of likely N-dealkylation sites (N-methyl/N-ethyl adjacent to an activating group) is 1. The number of hydrogen-bond donors (Lipinski definition) is 1. The van der Waals surface area contributed by atoms with Crippen molar-refractivity contribution in [2.45, 2.75) is 6.92 Å². The largest absolute Gasteiger partial charge is 0.354 e. The number of carbonyl (C=O) groups is 1. The first-order chi connectivity index (χ1) is 11.9. The van der Waals surface area contributed by atoms with E-state index in [0.29, 0.717) is 11.5 Å². The molecule has 8 heteroatoms. The molecule has 3 rings (SSSR count). The molecule has 0 saturated carbocycles. The normalized spacial score (nSPS) is 15.3. The minimum Gasteiger partial charge on any atom is -0.354 e. The zero-order valence-electron chi connectivity index (χ0n) is 14.1. The molecule has 25 heavy (non-hydrogen) atoms. The fourth-order valence-corrected chi connectivity index (χ4v) is 2.82. The van der Waals surface area contributed by atoms with Gasteiger partial charge in [0.1, 0.15) is 23.2 Å². The highest BCUT2D eigenvalue weighted by atomic mass is 35.5. The molecule has 1 aliphatic rings. The first-order valence-electron chi connectivity index (χ1n) is 7.98. The highest BCUT2D eigenvalue weighted by molar-refractivity contribution is 6.31. The Bertz CT molecular complexity index is 793. The topological polar surface area (TPSA) is 61.4 Å². The van der Waals surface area contributed by atoms with Crippen molar-refractivity contribution in [2.75, 3.05) is 43.4 Å². The van der Waals surface area contributed by atoms with E-state index in [-0.39, 0.29) is 16.6 Å². The van der Waals surface area contributed by atoms with Crippen LogP contribution in [0.3, 0.4) is 0 Å². The molecule has 1 N–H and O–H groups in total. The van der Waals surface area contributed by atoms with Crippen LogP contribution >= 0.6 is 11.6 Å². The SMILES string of the molecule is Cc1nc(C(=O)Nc2ccc(F)c(Cl)c2)cc(N2CCN(C)CC2)n1. The van der Waals surface area contributed by atoms with E-state index >= 15 is 0 Å². The zero-order valence-corrected chi connectivity index (χ0v) is 14.8. The van der Waals surface area contributed by atoms with Crippen molar-refractivity contribution >= 4 is 29.0 Å². The van der Waals surface area contributed by atoms with Gasteiger partial charge in [-0.3, -0.25) is 4.79 Å². The summed E-state index contributed by atoms with van der Waals surface area (Å²) in [5.41, 5.74) is 0.677. The third-order valence-electron chi connectivity index (χ3n) is 4.06. The predicted molar refractivity (Wildman–Crippen MR) is 95.8 cm³/mol. The summed E-state index contributed by atoms with van der Waals surface area (Å²) in [6, 6.07) is 5.70. The van der Waals surface area contributed by atoms with Crippen molar-refractivity contribution in [3.8, 4) is 0 Å². The van der Waals surface area contributed by atoms with Crippen molar-refractivity contribution in [3.05, 3.63) is 46.6 Å². The molecule has 2 heterocycles. The van der Waals surface area contributed by atoms with Gasteiger partial charge in [0.2, 0.25) is 0 Å². The molecule has 0 atom stereocenters. The van der Waals surface area contributed by atoms with Crippen molar-refractivity contribution < 1.29 is 9.18 Å². The number of benzene rings is 1. The van der Waals surface area contributed by atoms with Gasteiger partial charge < -0.3 is 15.1 Å². The molecule has 1 saturated heterocycles. The highest BCUT2D eigenvalue weighted by Gasteiger charge is 2.18. The lowest BCUT2D eigenvalue weighted by Gasteiger charge is -2.33. The second kappa shape index (κ2) is 7.33. The Morgan fingerprint density at radius 2 is 1.92 bits per heavy atom. The number of nitrogens with one attached hydrogen (secondary N) is 1. The van der Waals surface area contributed by atoms with Crippen LogP contribution in [0.1, 0.15) is 16.3 Å². The van der Waals surface area contributed by atoms with Gasteiger partial charge in [-0.05, 0) is 32.2 Å². The second-order valence-corrected chi connectivity index (χ2v) is 6.44. The van der Waals surface area contributed by atoms with E-state index in [9.17, 15) is 9.18 Å². The summed E-state index contributed by atoms with van der Waals surface area (Å²) in [6.07, 6.45) is 0. The van der Waals surface area contributed by atoms with Gasteiger partial charge in [0.25, 0.3) is 5.91 Å². The fourth-order valence-electron chi connectivity index (χ4n) is 2.63. The minimum absolute atomic E-state index is 0.0465. The number of aromatic nitrogens is 2. The quantitative estimate of drug-likeness (QED) is 0.908. The van der Waals surface area contributed by atoms with Gasteiger partial charge in [0, 0.05) is 37.9 Å². The number of aryl methyl sites for hydroxylation is 1. The molecule has 0 spiro atoms. The molecular formula is C17H19ClFN5O. The second-order valence-electron chi connectivity index (χ2n) is 6.03. The molecule has 6 nitrogen and oxygen atoms in total. The summed E-state index contributed by atoms with van der Waals surface area (Å²) in [6.45, 7) is 5.34. The van der Waals surface area contributed by atoms with Gasteiger partial charge in [-0.15, -0.1) is 0 Å². The van der Waals surface area contributed by atoms with Crippen molar-refractivity contribution in [2.24, 2.45) is 0 Å². The monoisotopic (exact) mass is 363 g/mol. The molecule has 2 aromatic rings. The molecule has 0 unspecified atom stereocenters. The van der Waals surface area contributed by atoms with Crippen LogP contribution < -0.4 is 10.2 Å². The summed E-state index contributed by atoms with van der Waals surface area (Å²) >= 11 is 5.74. The lowest BCUT2D eigenvalue weighted by Crippen LogP contribution is -2.45. The van der Waals surface area contributed by atoms with Crippen LogP contribution in [0.4, 0.5) is 15.9 Å². The highest BCUT2D eigenvalue weighted by Crippen LogP contribution is 2.20. The summed E-state index contributed by atoms with van der Waals surface area (Å²) in [5.74, 6) is 0.347. The van der Waals surface area contributed by atoms with E-state index in [1.54, 1.807) is 13.0 Å². The number of anilines is 2. The third-order valence-corrected chi connectivity index (χ3v) is 4.35. The summed E-state index contributed by atoms with van der Waals surface area (Å²) < 4.78 is 13.2. The van der Waals surface area contributed by atoms with Gasteiger partial charge in [-0.2, -0.15) is 0 Å². The maximum absolute atomic E-state index is 13.2. The number of nitrogens with zero attached hydrogens (tertiary/aromatic N) is 4.